The number of hydrogen-bond donors (Lipinski definition) is 0. The third-order valence-electron chi connectivity index (χ3n) is 22.0. The fourth-order valence-electron chi connectivity index (χ4n) is 17.4. The van der Waals surface area contributed by atoms with Gasteiger partial charge in [0, 0.05) is 50.4 Å². The minimum absolute atomic E-state index is 0.00196. The number of nitrogens with zero attached hydrogens (tertiary/aromatic N) is 3. The van der Waals surface area contributed by atoms with Crippen molar-refractivity contribution in [2.45, 2.75) is 226 Å². The lowest BCUT2D eigenvalue weighted by atomic mass is 9.32. The third-order valence-corrected chi connectivity index (χ3v) is 22.0. The molecule has 0 amide bonds. The number of anilines is 7. The highest BCUT2D eigenvalue weighted by Crippen LogP contribution is 2.66. The summed E-state index contributed by atoms with van der Waals surface area (Å²) in [6.07, 6.45) is 9.82. The standard InChI is InChI=1S/C71H86BN3/c1-41-32-42(2)60-63-59(41)69(17)29-21-23-31-71(69,19)75(63)58-38-48(74-55-27-25-46(65(8,9)10)36-53(55)68(16)28-20-22-30-70(68,74)18)37-57-61(58)72(60)54-40-52-50(49-35-45(64(5,6)7)24-26-51(49)67(52,14)15)39-56(54)73(57)62-43(3)33-47(34-44(62)4)66(11,12)13/h24-27,32-40H,20-23,28-31H2,1-19H3. The Labute approximate surface area is 453 Å². The summed E-state index contributed by atoms with van der Waals surface area (Å²) in [6, 6.07) is 33.6. The second-order valence-electron chi connectivity index (χ2n) is 29.9. The van der Waals surface area contributed by atoms with Crippen molar-refractivity contribution in [1.29, 1.82) is 0 Å². The van der Waals surface area contributed by atoms with Crippen LogP contribution in [0.4, 0.5) is 39.8 Å². The summed E-state index contributed by atoms with van der Waals surface area (Å²) in [6.45, 7) is 46.8. The van der Waals surface area contributed by atoms with E-state index in [2.05, 4.69) is 225 Å². The first kappa shape index (κ1) is 49.4. The Balaban J connectivity index is 1.19. The van der Waals surface area contributed by atoms with E-state index in [-0.39, 0.29) is 50.3 Å². The van der Waals surface area contributed by atoms with Gasteiger partial charge in [0.25, 0.3) is 6.71 Å². The van der Waals surface area contributed by atoms with E-state index < -0.39 is 0 Å². The molecule has 4 heteroatoms. The van der Waals surface area contributed by atoms with E-state index in [0.717, 1.165) is 0 Å². The van der Waals surface area contributed by atoms with Crippen molar-refractivity contribution in [3.05, 3.63) is 140 Å². The molecular formula is C71H86BN3. The van der Waals surface area contributed by atoms with Crippen LogP contribution < -0.4 is 31.1 Å². The van der Waals surface area contributed by atoms with E-state index in [9.17, 15) is 0 Å². The molecule has 3 nitrogen and oxygen atoms in total. The molecule has 7 aliphatic rings. The lowest BCUT2D eigenvalue weighted by Crippen LogP contribution is -2.65. The minimum atomic E-state index is -0.160. The highest BCUT2D eigenvalue weighted by atomic mass is 15.3. The zero-order chi connectivity index (χ0) is 53.4. The van der Waals surface area contributed by atoms with Crippen LogP contribution in [-0.4, -0.2) is 17.8 Å². The minimum Gasteiger partial charge on any atom is -0.335 e. The molecule has 4 heterocycles. The van der Waals surface area contributed by atoms with Gasteiger partial charge in [-0.2, -0.15) is 0 Å². The molecule has 0 radical (unpaired) electrons. The van der Waals surface area contributed by atoms with E-state index >= 15 is 0 Å². The molecule has 0 aromatic heterocycles. The van der Waals surface area contributed by atoms with Crippen LogP contribution in [0.25, 0.3) is 11.1 Å². The van der Waals surface area contributed by atoms with E-state index in [1.165, 1.54) is 163 Å². The number of rotatable bonds is 2. The van der Waals surface area contributed by atoms with Crippen molar-refractivity contribution in [1.82, 2.24) is 0 Å². The molecule has 0 spiro atoms. The molecule has 6 aromatic rings. The quantitative estimate of drug-likeness (QED) is 0.160. The summed E-state index contributed by atoms with van der Waals surface area (Å²) in [5, 5.41) is 0. The molecule has 75 heavy (non-hydrogen) atoms. The Hall–Kier alpha value is -5.22. The van der Waals surface area contributed by atoms with Crippen LogP contribution >= 0.6 is 0 Å². The highest BCUT2D eigenvalue weighted by Gasteiger charge is 2.63. The summed E-state index contributed by atoms with van der Waals surface area (Å²) in [5.74, 6) is 0. The molecule has 0 N–H and O–H groups in total. The molecule has 4 aliphatic heterocycles. The van der Waals surface area contributed by atoms with Crippen molar-refractivity contribution in [2.75, 3.05) is 14.7 Å². The predicted molar refractivity (Wildman–Crippen MR) is 324 cm³/mol. The van der Waals surface area contributed by atoms with E-state index in [0.29, 0.717) is 0 Å². The average molecular weight is 992 g/mol. The van der Waals surface area contributed by atoms with Crippen LogP contribution in [-0.2, 0) is 32.5 Å². The maximum Gasteiger partial charge on any atom is 0.252 e. The summed E-state index contributed by atoms with van der Waals surface area (Å²) < 4.78 is 0. The summed E-state index contributed by atoms with van der Waals surface area (Å²) in [4.78, 5) is 8.73. The Morgan fingerprint density at radius 3 is 1.63 bits per heavy atom. The topological polar surface area (TPSA) is 9.72 Å². The monoisotopic (exact) mass is 992 g/mol. The van der Waals surface area contributed by atoms with E-state index in [1.54, 1.807) is 16.6 Å². The Morgan fingerprint density at radius 2 is 0.987 bits per heavy atom. The smallest absolute Gasteiger partial charge is 0.252 e. The van der Waals surface area contributed by atoms with Gasteiger partial charge in [0.1, 0.15) is 0 Å². The molecule has 0 saturated heterocycles. The van der Waals surface area contributed by atoms with Gasteiger partial charge < -0.3 is 14.7 Å². The van der Waals surface area contributed by atoms with E-state index in [4.69, 9.17) is 0 Å². The fourth-order valence-corrected chi connectivity index (χ4v) is 17.4. The van der Waals surface area contributed by atoms with Crippen LogP contribution in [0.15, 0.2) is 78.9 Å². The largest absolute Gasteiger partial charge is 0.335 e. The molecule has 13 rings (SSSR count). The zero-order valence-electron chi connectivity index (χ0n) is 49.6. The zero-order valence-corrected chi connectivity index (χ0v) is 49.6. The predicted octanol–water partition coefficient (Wildman–Crippen LogP) is 17.2. The second-order valence-corrected chi connectivity index (χ2v) is 29.9. The van der Waals surface area contributed by atoms with Gasteiger partial charge >= 0.3 is 0 Å². The highest BCUT2D eigenvalue weighted by molar-refractivity contribution is 7.00. The van der Waals surface area contributed by atoms with Gasteiger partial charge in [-0.25, -0.2) is 0 Å². The number of hydrogen-bond acceptors (Lipinski definition) is 3. The van der Waals surface area contributed by atoms with Gasteiger partial charge in [0.15, 0.2) is 0 Å². The number of fused-ring (bicyclic) bond motifs is 13. The lowest BCUT2D eigenvalue weighted by Gasteiger charge is -2.54. The van der Waals surface area contributed by atoms with Gasteiger partial charge in [-0.1, -0.05) is 176 Å². The van der Waals surface area contributed by atoms with Crippen LogP contribution in [0.5, 0.6) is 0 Å². The van der Waals surface area contributed by atoms with Crippen LogP contribution in [0, 0.1) is 27.7 Å². The lowest BCUT2D eigenvalue weighted by molar-refractivity contribution is 0.193. The average Bonchev–Trinajstić information content (AvgIpc) is 3.83. The first-order chi connectivity index (χ1) is 35.0. The van der Waals surface area contributed by atoms with E-state index in [1.807, 2.05) is 0 Å². The fraction of sp³-hybridized carbons (Fsp3) is 0.493. The van der Waals surface area contributed by atoms with Crippen molar-refractivity contribution in [2.24, 2.45) is 0 Å². The summed E-state index contributed by atoms with van der Waals surface area (Å²) >= 11 is 0. The van der Waals surface area contributed by atoms with Crippen LogP contribution in [0.3, 0.4) is 0 Å². The SMILES string of the molecule is Cc1cc(C)c2c3c1B1c4cc5c(cc4N(c4c(C)cc(C(C)(C)C)cc4C)c4cc(N6c7ccc(C(C)(C)C)cc7C7(C)CCCCC67C)cc(c41)N3C1(C)CCCCC21C)-c1cc(C(C)(C)C)ccc1C5(C)C. The number of aryl methyl sites for hydroxylation is 4. The Bertz CT molecular complexity index is 3490. The summed E-state index contributed by atoms with van der Waals surface area (Å²) in [7, 11) is 0. The maximum atomic E-state index is 3.00. The maximum absolute atomic E-state index is 3.00. The molecule has 4 atom stereocenters. The number of benzene rings is 6. The summed E-state index contributed by atoms with van der Waals surface area (Å²) in [5.41, 5.74) is 32.7. The van der Waals surface area contributed by atoms with Crippen molar-refractivity contribution in [3.8, 4) is 11.1 Å². The molecule has 3 aliphatic carbocycles. The van der Waals surface area contributed by atoms with Crippen LogP contribution in [0.2, 0.25) is 0 Å². The van der Waals surface area contributed by atoms with Gasteiger partial charge in [0.05, 0.1) is 16.8 Å². The first-order valence-electron chi connectivity index (χ1n) is 29.3. The van der Waals surface area contributed by atoms with Gasteiger partial charge in [-0.05, 0) is 191 Å². The van der Waals surface area contributed by atoms with Gasteiger partial charge in [0.2, 0.25) is 0 Å². The van der Waals surface area contributed by atoms with Gasteiger partial charge in [-0.3, -0.25) is 0 Å². The molecule has 388 valence electrons. The normalized spacial score (nSPS) is 25.6. The second kappa shape index (κ2) is 15.1. The van der Waals surface area contributed by atoms with Crippen LogP contribution in [0.1, 0.15) is 216 Å². The first-order valence-corrected chi connectivity index (χ1v) is 29.3. The molecule has 0 bridgehead atoms. The molecule has 6 aromatic carbocycles. The Kier molecular flexibility index (Phi) is 9.92. The molecular weight excluding hydrogens is 906 g/mol. The molecule has 2 saturated carbocycles. The van der Waals surface area contributed by atoms with Gasteiger partial charge in [-0.15, -0.1) is 0 Å². The van der Waals surface area contributed by atoms with Crippen molar-refractivity contribution < 1.29 is 0 Å². The molecule has 4 unspecified atom stereocenters. The van der Waals surface area contributed by atoms with Crippen molar-refractivity contribution >= 4 is 62.9 Å². The molecule has 2 fully saturated rings. The third kappa shape index (κ3) is 6.18. The van der Waals surface area contributed by atoms with Crippen molar-refractivity contribution in [3.63, 3.8) is 0 Å². The Morgan fingerprint density at radius 1 is 0.427 bits per heavy atom.